The predicted octanol–water partition coefficient (Wildman–Crippen LogP) is 2.97. The minimum atomic E-state index is -0.871. The lowest BCUT2D eigenvalue weighted by molar-refractivity contribution is -0.132. The third-order valence-electron chi connectivity index (χ3n) is 2.33. The summed E-state index contributed by atoms with van der Waals surface area (Å²) in [6.07, 6.45) is 2.98. The van der Waals surface area contributed by atoms with Gasteiger partial charge in [-0.25, -0.2) is 0 Å². The largest absolute Gasteiger partial charge is 0.316 e. The maximum atomic E-state index is 11.8. The Morgan fingerprint density at radius 3 is 2.20 bits per heavy atom. The number of carbonyl (C=O) groups excluding carboxylic acids is 2. The fourth-order valence-corrected chi connectivity index (χ4v) is 1.90. The van der Waals surface area contributed by atoms with E-state index in [2.05, 4.69) is 15.6 Å². The Hall–Kier alpha value is -2.11. The molecule has 1 aromatic carbocycles. The molecule has 0 fully saturated rings. The van der Waals surface area contributed by atoms with Crippen molar-refractivity contribution in [3.8, 4) is 0 Å². The second kappa shape index (κ2) is 6.36. The number of nitrogens with one attached hydrogen (secondary N) is 2. The van der Waals surface area contributed by atoms with E-state index in [0.29, 0.717) is 5.69 Å². The fourth-order valence-electron chi connectivity index (χ4n) is 1.41. The van der Waals surface area contributed by atoms with Gasteiger partial charge < -0.3 is 10.6 Å². The quantitative estimate of drug-likeness (QED) is 0.838. The number of hydrogen-bond acceptors (Lipinski definition) is 3. The van der Waals surface area contributed by atoms with Gasteiger partial charge in [0.2, 0.25) is 0 Å². The smallest absolute Gasteiger partial charge is 0.314 e. The van der Waals surface area contributed by atoms with E-state index in [9.17, 15) is 9.59 Å². The van der Waals surface area contributed by atoms with Crippen molar-refractivity contribution in [3.63, 3.8) is 0 Å². The second-order valence-electron chi connectivity index (χ2n) is 3.75. The van der Waals surface area contributed by atoms with Crippen LogP contribution in [0.25, 0.3) is 0 Å². The number of pyridine rings is 1. The van der Waals surface area contributed by atoms with Crippen LogP contribution in [-0.2, 0) is 9.59 Å². The van der Waals surface area contributed by atoms with Crippen LogP contribution in [0, 0.1) is 0 Å². The van der Waals surface area contributed by atoms with Gasteiger partial charge in [0.15, 0.2) is 0 Å². The Kier molecular flexibility index (Phi) is 4.55. The Balaban J connectivity index is 2.07. The zero-order valence-electron chi connectivity index (χ0n) is 10.1. The van der Waals surface area contributed by atoms with E-state index in [1.807, 2.05) is 0 Å². The van der Waals surface area contributed by atoms with Gasteiger partial charge in [0.25, 0.3) is 0 Å². The van der Waals surface area contributed by atoms with Gasteiger partial charge in [0, 0.05) is 6.20 Å². The first kappa shape index (κ1) is 14.3. The van der Waals surface area contributed by atoms with Crippen LogP contribution in [0.4, 0.5) is 11.4 Å². The molecule has 1 heterocycles. The highest BCUT2D eigenvalue weighted by molar-refractivity contribution is 6.46. The molecule has 0 atom stereocenters. The van der Waals surface area contributed by atoms with Gasteiger partial charge in [-0.15, -0.1) is 0 Å². The van der Waals surface area contributed by atoms with Gasteiger partial charge in [-0.2, -0.15) is 0 Å². The molecule has 0 unspecified atom stereocenters. The van der Waals surface area contributed by atoms with Crippen molar-refractivity contribution in [1.82, 2.24) is 4.98 Å². The van der Waals surface area contributed by atoms with E-state index in [4.69, 9.17) is 23.2 Å². The molecule has 7 heteroatoms. The maximum absolute atomic E-state index is 11.8. The van der Waals surface area contributed by atoms with Crippen LogP contribution in [-0.4, -0.2) is 16.8 Å². The topological polar surface area (TPSA) is 71.1 Å². The van der Waals surface area contributed by atoms with Crippen LogP contribution in [0.1, 0.15) is 0 Å². The second-order valence-corrected chi connectivity index (χ2v) is 4.56. The number of aromatic nitrogens is 1. The lowest BCUT2D eigenvalue weighted by Crippen LogP contribution is -2.29. The zero-order chi connectivity index (χ0) is 14.5. The monoisotopic (exact) mass is 309 g/mol. The van der Waals surface area contributed by atoms with Crippen LogP contribution in [0.5, 0.6) is 0 Å². The van der Waals surface area contributed by atoms with E-state index in [1.165, 1.54) is 6.20 Å². The molecule has 0 aliphatic heterocycles. The van der Waals surface area contributed by atoms with E-state index in [-0.39, 0.29) is 15.7 Å². The third kappa shape index (κ3) is 3.46. The van der Waals surface area contributed by atoms with Crippen molar-refractivity contribution in [2.24, 2.45) is 0 Å². The molecule has 1 aromatic heterocycles. The number of rotatable bonds is 2. The number of carbonyl (C=O) groups is 2. The van der Waals surface area contributed by atoms with Crippen molar-refractivity contribution < 1.29 is 9.59 Å². The summed E-state index contributed by atoms with van der Waals surface area (Å²) in [4.78, 5) is 27.3. The van der Waals surface area contributed by atoms with Crippen molar-refractivity contribution in [2.75, 3.05) is 10.6 Å². The molecule has 2 rings (SSSR count). The molecule has 0 bridgehead atoms. The predicted molar refractivity (Wildman–Crippen MR) is 78.0 cm³/mol. The summed E-state index contributed by atoms with van der Waals surface area (Å²) in [5, 5.41) is 5.26. The summed E-state index contributed by atoms with van der Waals surface area (Å²) < 4.78 is 0. The number of hydrogen-bond donors (Lipinski definition) is 2. The SMILES string of the molecule is O=C(Nc1cccnc1)C(=O)Nc1c(Cl)cccc1Cl. The summed E-state index contributed by atoms with van der Waals surface area (Å²) >= 11 is 11.8. The highest BCUT2D eigenvalue weighted by Crippen LogP contribution is 2.29. The molecule has 2 N–H and O–H groups in total. The average Bonchev–Trinajstić information content (AvgIpc) is 2.44. The first-order chi connectivity index (χ1) is 9.58. The first-order valence-corrected chi connectivity index (χ1v) is 6.30. The lowest BCUT2D eigenvalue weighted by Gasteiger charge is -2.09. The van der Waals surface area contributed by atoms with Gasteiger partial charge >= 0.3 is 11.8 Å². The average molecular weight is 310 g/mol. The number of para-hydroxylation sites is 1. The molecule has 2 amide bonds. The van der Waals surface area contributed by atoms with Gasteiger partial charge in [-0.3, -0.25) is 14.6 Å². The molecule has 0 radical (unpaired) electrons. The van der Waals surface area contributed by atoms with Crippen molar-refractivity contribution >= 4 is 46.4 Å². The standard InChI is InChI=1S/C13H9Cl2N3O2/c14-9-4-1-5-10(15)11(9)18-13(20)12(19)17-8-3-2-6-16-7-8/h1-7H,(H,17,19)(H,18,20). The minimum Gasteiger partial charge on any atom is -0.316 e. The molecule has 5 nitrogen and oxygen atoms in total. The van der Waals surface area contributed by atoms with Crippen LogP contribution in [0.15, 0.2) is 42.7 Å². The van der Waals surface area contributed by atoms with Crippen LogP contribution in [0.3, 0.4) is 0 Å². The summed E-state index contributed by atoms with van der Waals surface area (Å²) in [6, 6.07) is 8.00. The molecule has 20 heavy (non-hydrogen) atoms. The highest BCUT2D eigenvalue weighted by atomic mass is 35.5. The van der Waals surface area contributed by atoms with Crippen LogP contribution < -0.4 is 10.6 Å². The minimum absolute atomic E-state index is 0.196. The first-order valence-electron chi connectivity index (χ1n) is 5.54. The van der Waals surface area contributed by atoms with Crippen molar-refractivity contribution in [1.29, 1.82) is 0 Å². The van der Waals surface area contributed by atoms with Gasteiger partial charge in [0.1, 0.15) is 0 Å². The summed E-state index contributed by atoms with van der Waals surface area (Å²) in [6.45, 7) is 0. The molecular weight excluding hydrogens is 301 g/mol. The Bertz CT molecular complexity index is 627. The maximum Gasteiger partial charge on any atom is 0.314 e. The zero-order valence-corrected chi connectivity index (χ0v) is 11.6. The summed E-state index contributed by atoms with van der Waals surface area (Å²) in [5.41, 5.74) is 0.611. The molecule has 2 aromatic rings. The molecule has 0 saturated carbocycles. The number of amides is 2. The summed E-state index contributed by atoms with van der Waals surface area (Å²) in [7, 11) is 0. The Morgan fingerprint density at radius 1 is 0.950 bits per heavy atom. The number of nitrogens with zero attached hydrogens (tertiary/aromatic N) is 1. The number of halogens is 2. The van der Waals surface area contributed by atoms with Gasteiger partial charge in [0.05, 0.1) is 27.6 Å². The fraction of sp³-hybridized carbons (Fsp3) is 0. The third-order valence-corrected chi connectivity index (χ3v) is 2.96. The molecule has 0 saturated heterocycles. The van der Waals surface area contributed by atoms with E-state index >= 15 is 0 Å². The van der Waals surface area contributed by atoms with Crippen molar-refractivity contribution in [2.45, 2.75) is 0 Å². The van der Waals surface area contributed by atoms with Gasteiger partial charge in [-0.05, 0) is 24.3 Å². The molecule has 0 aliphatic carbocycles. The van der Waals surface area contributed by atoms with Crippen molar-refractivity contribution in [3.05, 3.63) is 52.8 Å². The number of benzene rings is 1. The molecule has 102 valence electrons. The van der Waals surface area contributed by atoms with E-state index in [0.717, 1.165) is 0 Å². The molecule has 0 aliphatic rings. The summed E-state index contributed by atoms with van der Waals surface area (Å²) in [5.74, 6) is -1.71. The van der Waals surface area contributed by atoms with Gasteiger partial charge in [-0.1, -0.05) is 29.3 Å². The van der Waals surface area contributed by atoms with E-state index < -0.39 is 11.8 Å². The van der Waals surface area contributed by atoms with E-state index in [1.54, 1.807) is 36.5 Å². The molecule has 0 spiro atoms. The van der Waals surface area contributed by atoms with Crippen LogP contribution in [0.2, 0.25) is 10.0 Å². The lowest BCUT2D eigenvalue weighted by atomic mass is 10.3. The Morgan fingerprint density at radius 2 is 1.60 bits per heavy atom. The Labute approximate surface area is 124 Å². The molecular formula is C13H9Cl2N3O2. The van der Waals surface area contributed by atoms with Crippen LogP contribution >= 0.6 is 23.2 Å². The normalized spacial score (nSPS) is 9.90. The highest BCUT2D eigenvalue weighted by Gasteiger charge is 2.17. The number of anilines is 2.